The summed E-state index contributed by atoms with van der Waals surface area (Å²) in [4.78, 5) is 28.3. The minimum Gasteiger partial charge on any atom is -0.444 e. The summed E-state index contributed by atoms with van der Waals surface area (Å²) in [6.45, 7) is 5.91. The van der Waals surface area contributed by atoms with E-state index in [9.17, 15) is 19.2 Å². The summed E-state index contributed by atoms with van der Waals surface area (Å²) in [6, 6.07) is 15.9. The van der Waals surface area contributed by atoms with Gasteiger partial charge in [0.25, 0.3) is 5.91 Å². The normalized spacial score (nSPS) is 19.4. The lowest BCUT2D eigenvalue weighted by atomic mass is 9.90. The number of rotatable bonds is 7. The number of hydrogen-bond donors (Lipinski definition) is 1. The Morgan fingerprint density at radius 1 is 0.955 bits per heavy atom. The summed E-state index contributed by atoms with van der Waals surface area (Å²) in [5.74, 6) is -1.29. The monoisotopic (exact) mass is 601 g/mol. The third-order valence-corrected chi connectivity index (χ3v) is 8.27. The van der Waals surface area contributed by atoms with Crippen molar-refractivity contribution in [3.63, 3.8) is 0 Å². The Balaban J connectivity index is 1.46. The molecule has 1 N–H and O–H groups in total. The molecule has 1 unspecified atom stereocenters. The van der Waals surface area contributed by atoms with Crippen molar-refractivity contribution in [2.75, 3.05) is 13.7 Å². The van der Waals surface area contributed by atoms with Crippen LogP contribution in [0.25, 0.3) is 22.3 Å². The number of alkyl carbamates (subject to hydrolysis) is 1. The van der Waals surface area contributed by atoms with Crippen molar-refractivity contribution < 1.29 is 27.8 Å². The largest absolute Gasteiger partial charge is 0.444 e. The van der Waals surface area contributed by atoms with E-state index in [1.54, 1.807) is 37.4 Å². The second-order valence-corrected chi connectivity index (χ2v) is 12.5. The Kier molecular flexibility index (Phi) is 9.02. The van der Waals surface area contributed by atoms with Crippen molar-refractivity contribution in [2.45, 2.75) is 76.6 Å². The van der Waals surface area contributed by atoms with Gasteiger partial charge in [0.2, 0.25) is 0 Å². The van der Waals surface area contributed by atoms with Crippen LogP contribution in [0.2, 0.25) is 0 Å². The predicted molar refractivity (Wildman–Crippen MR) is 163 cm³/mol. The van der Waals surface area contributed by atoms with Gasteiger partial charge < -0.3 is 19.7 Å². The smallest absolute Gasteiger partial charge is 0.407 e. The first-order chi connectivity index (χ1) is 21.0. The third kappa shape index (κ3) is 6.76. The summed E-state index contributed by atoms with van der Waals surface area (Å²) in [6.07, 6.45) is 2.99. The molecule has 7 nitrogen and oxygen atoms in total. The number of piperidine rings is 1. The Morgan fingerprint density at radius 2 is 1.66 bits per heavy atom. The molecule has 2 heterocycles. The number of hydrogen-bond acceptors (Lipinski definition) is 5. The van der Waals surface area contributed by atoms with Crippen molar-refractivity contribution in [1.82, 2.24) is 10.2 Å². The molecule has 0 spiro atoms. The predicted octanol–water partition coefficient (Wildman–Crippen LogP) is 7.02. The van der Waals surface area contributed by atoms with E-state index in [1.165, 1.54) is 18.2 Å². The van der Waals surface area contributed by atoms with E-state index in [0.29, 0.717) is 53.7 Å². The van der Waals surface area contributed by atoms with Gasteiger partial charge in [0.15, 0.2) is 0 Å². The van der Waals surface area contributed by atoms with Gasteiger partial charge in [-0.05, 0) is 105 Å². The molecule has 230 valence electrons. The van der Waals surface area contributed by atoms with Crippen LogP contribution in [0.15, 0.2) is 54.6 Å². The van der Waals surface area contributed by atoms with E-state index in [1.807, 2.05) is 37.8 Å². The molecular weight excluding hydrogens is 564 g/mol. The molecule has 0 radical (unpaired) electrons. The average molecular weight is 602 g/mol. The van der Waals surface area contributed by atoms with E-state index in [0.717, 1.165) is 18.4 Å². The molecule has 2 aliphatic rings. The summed E-state index contributed by atoms with van der Waals surface area (Å²) in [5, 5.41) is 12.2. The van der Waals surface area contributed by atoms with E-state index in [2.05, 4.69) is 5.32 Å². The maximum atomic E-state index is 15.5. The van der Waals surface area contributed by atoms with Crippen molar-refractivity contribution in [3.05, 3.63) is 82.9 Å². The molecular formula is C35H37F2N3O4. The number of carbonyl (C=O) groups excluding carboxylic acids is 2. The molecule has 5 rings (SSSR count). The maximum Gasteiger partial charge on any atom is 0.407 e. The molecule has 2 saturated heterocycles. The molecule has 0 aromatic heterocycles. The van der Waals surface area contributed by atoms with Gasteiger partial charge >= 0.3 is 6.09 Å². The van der Waals surface area contributed by atoms with Gasteiger partial charge in [0.1, 0.15) is 23.3 Å². The minimum absolute atomic E-state index is 0.0474. The zero-order valence-electron chi connectivity index (χ0n) is 25.5. The van der Waals surface area contributed by atoms with Crippen LogP contribution in [0.4, 0.5) is 13.6 Å². The van der Waals surface area contributed by atoms with Gasteiger partial charge in [-0.15, -0.1) is 0 Å². The third-order valence-electron chi connectivity index (χ3n) is 8.27. The number of amides is 2. The minimum atomic E-state index is -0.694. The highest BCUT2D eigenvalue weighted by Gasteiger charge is 2.44. The van der Waals surface area contributed by atoms with Gasteiger partial charge in [0.05, 0.1) is 12.2 Å². The second-order valence-electron chi connectivity index (χ2n) is 12.5. The second kappa shape index (κ2) is 12.7. The first kappa shape index (κ1) is 31.1. The van der Waals surface area contributed by atoms with Crippen molar-refractivity contribution in [2.24, 2.45) is 0 Å². The zero-order chi connectivity index (χ0) is 31.6. The van der Waals surface area contributed by atoms with Gasteiger partial charge in [-0.3, -0.25) is 4.79 Å². The number of fused-ring (bicyclic) bond motifs is 2. The highest BCUT2D eigenvalue weighted by molar-refractivity contribution is 5.98. The van der Waals surface area contributed by atoms with Crippen LogP contribution in [0.5, 0.6) is 0 Å². The Hall–Kier alpha value is -4.29. The summed E-state index contributed by atoms with van der Waals surface area (Å²) < 4.78 is 40.8. The Bertz CT molecular complexity index is 1600. The van der Waals surface area contributed by atoms with Crippen molar-refractivity contribution in [1.29, 1.82) is 5.26 Å². The molecule has 0 saturated carbocycles. The van der Waals surface area contributed by atoms with Gasteiger partial charge in [-0.25, -0.2) is 13.6 Å². The fraction of sp³-hybridized carbons (Fsp3) is 0.400. The summed E-state index contributed by atoms with van der Waals surface area (Å²) >= 11 is 0. The molecule has 44 heavy (non-hydrogen) atoms. The van der Waals surface area contributed by atoms with Crippen molar-refractivity contribution in [3.8, 4) is 28.3 Å². The van der Waals surface area contributed by atoms with Crippen LogP contribution in [-0.4, -0.2) is 54.3 Å². The van der Waals surface area contributed by atoms with Crippen LogP contribution >= 0.6 is 0 Å². The van der Waals surface area contributed by atoms with Gasteiger partial charge in [0, 0.05) is 36.4 Å². The zero-order valence-corrected chi connectivity index (χ0v) is 25.5. The van der Waals surface area contributed by atoms with E-state index < -0.39 is 23.3 Å². The molecule has 2 bridgehead atoms. The highest BCUT2D eigenvalue weighted by atomic mass is 19.1. The average Bonchev–Trinajstić information content (AvgIpc) is 3.24. The molecule has 3 atom stereocenters. The van der Waals surface area contributed by atoms with Crippen LogP contribution < -0.4 is 5.32 Å². The van der Waals surface area contributed by atoms with Gasteiger partial charge in [-0.1, -0.05) is 24.3 Å². The highest BCUT2D eigenvalue weighted by Crippen LogP contribution is 2.39. The van der Waals surface area contributed by atoms with Crippen LogP contribution in [-0.2, 0) is 15.9 Å². The SMILES string of the molecule is COCCc1ccc(-c2ccc(C(=O)N3[C@@H]4CC[C@H]3CC(NC(=O)OC(C)(C)C)C4)cc2-c2ccc(C#N)c(F)c2)c(F)c1. The molecule has 9 heteroatoms. The van der Waals surface area contributed by atoms with E-state index in [-0.39, 0.29) is 29.6 Å². The molecule has 3 aromatic carbocycles. The topological polar surface area (TPSA) is 91.7 Å². The number of nitrogens with zero attached hydrogens (tertiary/aromatic N) is 2. The standard InChI is InChI=1S/C35H37F2N3O4/c1-35(2,3)44-34(42)39-25-18-26-9-10-27(19-25)40(26)33(41)23-8-12-28(29-11-5-21(13-14-43-4)15-32(29)37)30(16-23)22-6-7-24(20-38)31(36)17-22/h5-8,11-12,15-17,25-27H,9-10,13-14,18-19H2,1-4H3,(H,39,42)/t25?,26-,27+. The fourth-order valence-electron chi connectivity index (χ4n) is 6.33. The molecule has 2 aliphatic heterocycles. The number of carbonyl (C=O) groups is 2. The first-order valence-corrected chi connectivity index (χ1v) is 14.9. The van der Waals surface area contributed by atoms with Crippen LogP contribution in [0.3, 0.4) is 0 Å². The van der Waals surface area contributed by atoms with Crippen molar-refractivity contribution >= 4 is 12.0 Å². The number of ether oxygens (including phenoxy) is 2. The molecule has 3 aromatic rings. The van der Waals surface area contributed by atoms with Crippen LogP contribution in [0, 0.1) is 23.0 Å². The molecule has 2 fully saturated rings. The van der Waals surface area contributed by atoms with E-state index >= 15 is 4.39 Å². The van der Waals surface area contributed by atoms with Crippen LogP contribution in [0.1, 0.15) is 67.9 Å². The quantitative estimate of drug-likeness (QED) is 0.314. The summed E-state index contributed by atoms with van der Waals surface area (Å²) in [7, 11) is 1.59. The fourth-order valence-corrected chi connectivity index (χ4v) is 6.33. The number of nitriles is 1. The summed E-state index contributed by atoms with van der Waals surface area (Å²) in [5.41, 5.74) is 2.22. The molecule has 0 aliphatic carbocycles. The Labute approximate surface area is 256 Å². The maximum absolute atomic E-state index is 15.5. The van der Waals surface area contributed by atoms with Gasteiger partial charge in [-0.2, -0.15) is 5.26 Å². The number of halogens is 2. The number of nitrogens with one attached hydrogen (secondary N) is 1. The van der Waals surface area contributed by atoms with E-state index in [4.69, 9.17) is 9.47 Å². The Morgan fingerprint density at radius 3 is 2.27 bits per heavy atom. The lowest BCUT2D eigenvalue weighted by Gasteiger charge is -2.39. The molecule has 2 amide bonds. The first-order valence-electron chi connectivity index (χ1n) is 14.9. The number of benzene rings is 3. The lowest BCUT2D eigenvalue weighted by Crippen LogP contribution is -2.53. The number of methoxy groups -OCH3 is 1. The lowest BCUT2D eigenvalue weighted by molar-refractivity contribution is 0.0418.